The number of carboxylic acid groups (broad SMARTS) is 1. The van der Waals surface area contributed by atoms with Gasteiger partial charge in [0.15, 0.2) is 0 Å². The number of hydroxylamine groups is 4. The molecule has 0 unspecified atom stereocenters. The Morgan fingerprint density at radius 2 is 0.647 bits per heavy atom. The summed E-state index contributed by atoms with van der Waals surface area (Å²) in [6.07, 6.45) is 9.92. The molecule has 0 bridgehead atoms. The van der Waals surface area contributed by atoms with E-state index in [1.165, 1.54) is 45.4 Å². The van der Waals surface area contributed by atoms with Gasteiger partial charge in [-0.2, -0.15) is 5.06 Å². The average molecular weight is 2510 g/mol. The van der Waals surface area contributed by atoms with Gasteiger partial charge in [-0.3, -0.25) is 75.3 Å². The van der Waals surface area contributed by atoms with Gasteiger partial charge in [0.05, 0.1) is 151 Å². The maximum absolute atomic E-state index is 11.6. The Balaban J connectivity index is -0.0000000752. The van der Waals surface area contributed by atoms with Crippen molar-refractivity contribution >= 4 is 125 Å². The largest absolute Gasteiger partial charge is 1.00 e. The summed E-state index contributed by atoms with van der Waals surface area (Å²) in [6, 6.07) is 0. The van der Waals surface area contributed by atoms with Crippen LogP contribution in [0.3, 0.4) is 0 Å². The van der Waals surface area contributed by atoms with E-state index in [0.717, 1.165) is 88.0 Å². The molecule has 0 atom stereocenters. The Morgan fingerprint density at radius 1 is 0.424 bits per heavy atom. The number of aliphatic hydroxyl groups is 4. The van der Waals surface area contributed by atoms with Crippen LogP contribution in [0.1, 0.15) is 210 Å². The molecule has 5 amide bonds. The molecule has 838 valence electrons. The monoisotopic (exact) mass is 2500 g/mol. The van der Waals surface area contributed by atoms with E-state index in [0.29, 0.717) is 28.8 Å². The van der Waals surface area contributed by atoms with Crippen LogP contribution in [-0.4, -0.2) is 398 Å². The molecule has 0 spiro atoms. The van der Waals surface area contributed by atoms with Crippen LogP contribution in [0, 0.1) is 0 Å². The van der Waals surface area contributed by atoms with Gasteiger partial charge in [-0.25, -0.2) is 4.79 Å². The summed E-state index contributed by atoms with van der Waals surface area (Å²) in [5.41, 5.74) is 10.0. The van der Waals surface area contributed by atoms with Crippen LogP contribution in [0.5, 0.6) is 0 Å². The van der Waals surface area contributed by atoms with Crippen molar-refractivity contribution in [1.29, 1.82) is 0 Å². The van der Waals surface area contributed by atoms with E-state index < -0.39 is 142 Å². The number of hydrogen-bond donors (Lipinski definition) is 25. The third kappa shape index (κ3) is 91.5. The Kier molecular flexibility index (Phi) is 112. The first kappa shape index (κ1) is 180. The zero-order valence-electron chi connectivity index (χ0n) is 83.3. The summed E-state index contributed by atoms with van der Waals surface area (Å²) in [5.74, 6) is -3.38. The number of unbranched alkanes of at least 4 members (excludes halogenated alkanes) is 8. The van der Waals surface area contributed by atoms with Crippen LogP contribution >= 0.6 is 76.7 Å². The molecule has 0 saturated carbocycles. The second-order valence-corrected chi connectivity index (χ2v) is 51.7. The fourth-order valence-electron chi connectivity index (χ4n) is 10.0. The Bertz CT molecular complexity index is 3510. The first-order chi connectivity index (χ1) is 58.2. The number of rotatable bonds is 50. The van der Waals surface area contributed by atoms with E-state index in [2.05, 4.69) is 115 Å². The van der Waals surface area contributed by atoms with Gasteiger partial charge in [0, 0.05) is 82.5 Å². The Morgan fingerprint density at radius 3 is 0.863 bits per heavy atom. The van der Waals surface area contributed by atoms with Gasteiger partial charge in [-0.05, 0) is 96.9 Å². The van der Waals surface area contributed by atoms with Crippen LogP contribution in [0.2, 0.25) is 0 Å². The maximum atomic E-state index is 11.6. The number of carbonyl (C=O) groups is 8. The van der Waals surface area contributed by atoms with Gasteiger partial charge >= 0.3 is 175 Å². The predicted octanol–water partition coefficient (Wildman–Crippen LogP) is -18.7. The van der Waals surface area contributed by atoms with Gasteiger partial charge in [-0.1, -0.05) is 77.2 Å². The second kappa shape index (κ2) is 86.7. The van der Waals surface area contributed by atoms with Gasteiger partial charge < -0.3 is 236 Å². The summed E-state index contributed by atoms with van der Waals surface area (Å²) >= 11 is 3.42. The number of aliphatic carboxylic acids is 1. The number of halogens is 6. The van der Waals surface area contributed by atoms with Crippen LogP contribution < -0.4 is 196 Å². The van der Waals surface area contributed by atoms with Crippen LogP contribution in [0.4, 0.5) is 0 Å². The number of imide groups is 2. The number of nitrogens with two attached hydrogens (primary N) is 2. The topological polar surface area (TPSA) is 833 Å². The number of quaternary nitrogens is 5. The van der Waals surface area contributed by atoms with Crippen LogP contribution in [-0.2, 0) is 84.6 Å². The van der Waals surface area contributed by atoms with E-state index in [1.807, 2.05) is 42.3 Å². The van der Waals surface area contributed by atoms with Gasteiger partial charge in [-0.15, -0.1) is 5.06 Å². The van der Waals surface area contributed by atoms with Crippen molar-refractivity contribution in [3.8, 4) is 0 Å². The minimum absolute atomic E-state index is 0. The molecule has 0 radical (unpaired) electrons. The first-order valence-corrected chi connectivity index (χ1v) is 55.1. The summed E-state index contributed by atoms with van der Waals surface area (Å²) in [4.78, 5) is 235. The van der Waals surface area contributed by atoms with Gasteiger partial charge in [0.2, 0.25) is 5.91 Å². The number of hydrogen-bond acceptors (Lipinski definition) is 27. The minimum atomic E-state index is -5.43. The molecule has 68 heteroatoms. The zero-order valence-corrected chi connectivity index (χ0v) is 103. The number of amides is 5. The van der Waals surface area contributed by atoms with Crippen molar-refractivity contribution in [1.82, 2.24) is 20.3 Å². The first-order valence-electron chi connectivity index (χ1n) is 41.1. The molecule has 2 rings (SSSR count). The molecule has 2 aliphatic rings. The molecule has 52 nitrogen and oxygen atoms in total. The number of nitrogens with one attached hydrogen (secondary N) is 1. The summed E-state index contributed by atoms with van der Waals surface area (Å²) in [5, 5.41) is 54.0. The van der Waals surface area contributed by atoms with Gasteiger partial charge in [0.25, 0.3) is 50.4 Å². The molecular weight excluding hydrogens is 2330 g/mol. The van der Waals surface area contributed by atoms with Crippen molar-refractivity contribution in [3.05, 3.63) is 0 Å². The molecule has 2 heterocycles. The SMILES string of the molecule is C.C.CCN(CC)CC.C[N+](C)(C)CCCC(=O)NCCCC(O)(P(=O)(O)O)P(=O)(O)O.C[N+](C)(C)CCCC(=O)O.C[N+](C)(C)CCCC(=O)ON1C(=O)CCC1=O.C[N+](C)(C)CCCCCBr.C[N+](C)(C)CCCCCCCCCC(O)(P(=O)(O)O)P(=O)(O)O.NCCCC(O)(P(=O)(O)O)P(=O)(O)O.NCCCC(O)(P(=O)(O)O)P(=O)(O)O.O=C1CCC(=O)N1O.O=CO[O-].[Br-].[Br-].[Cl-].[Cl-].[Cl-].[H-].[K+].[K+]. The number of nitrogens with zero attached hydrogens (tertiary/aromatic N) is 8. The number of carboxylic acids is 1. The minimum Gasteiger partial charge on any atom is -1.00 e. The van der Waals surface area contributed by atoms with E-state index in [-0.39, 0.29) is 298 Å². The summed E-state index contributed by atoms with van der Waals surface area (Å²) < 4.78 is 91.8. The van der Waals surface area contributed by atoms with E-state index >= 15 is 0 Å². The molecule has 2 fully saturated rings. The predicted molar refractivity (Wildman–Crippen MR) is 495 cm³/mol. The molecule has 139 heavy (non-hydrogen) atoms. The molecule has 0 aromatic rings. The number of carbonyl (C=O) groups excluding carboxylic acids is 7. The third-order valence-electron chi connectivity index (χ3n) is 17.7. The normalized spacial score (nSPS) is 13.1. The van der Waals surface area contributed by atoms with Crippen LogP contribution in [0.25, 0.3) is 0 Å². The number of alkyl halides is 1. The summed E-state index contributed by atoms with van der Waals surface area (Å²) in [6.45, 7) is 14.8. The molecule has 2 saturated heterocycles. The summed E-state index contributed by atoms with van der Waals surface area (Å²) in [7, 11) is -11.3. The Hall–Kier alpha value is 2.38. The van der Waals surface area contributed by atoms with E-state index in [4.69, 9.17) is 115 Å². The molecular formula is C71H169Br3Cl3K2N11O41P8. The van der Waals surface area contributed by atoms with Crippen molar-refractivity contribution in [2.75, 3.05) is 183 Å². The van der Waals surface area contributed by atoms with Crippen molar-refractivity contribution in [3.63, 3.8) is 0 Å². The van der Waals surface area contributed by atoms with Crippen molar-refractivity contribution in [2.24, 2.45) is 11.5 Å². The molecule has 0 aromatic carbocycles. The van der Waals surface area contributed by atoms with Gasteiger partial charge in [0.1, 0.15) is 0 Å². The van der Waals surface area contributed by atoms with Crippen LogP contribution in [0.15, 0.2) is 0 Å². The third-order valence-corrected chi connectivity index (χ3v) is 33.8. The van der Waals surface area contributed by atoms with E-state index in [9.17, 15) is 90.5 Å². The quantitative estimate of drug-likeness (QED) is 0.00257. The molecule has 0 aliphatic carbocycles. The molecule has 27 N–H and O–H groups in total. The smallest absolute Gasteiger partial charge is 1.00 e. The van der Waals surface area contributed by atoms with Crippen molar-refractivity contribution in [2.45, 2.75) is 229 Å². The van der Waals surface area contributed by atoms with Crippen molar-refractivity contribution < 1.29 is 397 Å². The molecule has 0 aromatic heterocycles. The average Bonchev–Trinajstić information content (AvgIpc) is 1.03. The zero-order chi connectivity index (χ0) is 105. The maximum Gasteiger partial charge on any atom is 1.00 e. The van der Waals surface area contributed by atoms with E-state index in [1.54, 1.807) is 0 Å². The molecule has 2 aliphatic heterocycles. The Labute approximate surface area is 955 Å². The second-order valence-electron chi connectivity index (χ2n) is 34.9. The fourth-order valence-corrected chi connectivity index (χ4v) is 19.4. The standard InChI is InChI=1S/C13H31NO7P2.C11H26N2O8P2.C11H19N2O4.C8H19BrN.C7H15NO2.C6H15N.2C4H13NO7P2.C4H5NO3.CH2O3.2CH4.2BrH.3ClH.2K.H/c1-14(2,3)12-10-8-6-4-5-7-9-11-13(15,22(16,17)18)23(19,20)21;1-13(2,3)9-4-6-10(14)12-8-5-7-11(15,22(16,17)18)23(19,20)21;1-13(2,3)8-4-5-11(16)17-12-9(14)6-7-10(12)15;1-10(2,3)8-6-4-5-7-9;1-8(2,3)6-4-5-7(9)10;1-4-7(5-2)6-3;2*5-3-1-2-4(6,13(7,8)9)14(10,11)12;6-3-1-2-4(7)5(3)8;2-1-4-3;;;;;;;;;;/h15H,4-12H2,1-3H3,(H3-,16,17,18,19,20,21);15H,4-9H2,1-3H3,(H4-,12,14,16,17,18,19,20,21);4-8H2,1-3H3;4-8H2,1-3H3;4-6H2,1-3H3;4-6H2,1-3H3;2*6H,1-3,5H2,(H2,7,8,9)(H2,10,11,12);8H,1-2H2;1,3H;2*1H4;5*1H;;;/q;;2*+1;;;;;;;;;;;;;;2*+1;-1/p-3. The fraction of sp³-hybridized carbons (Fsp3) is 0.887.